The standard InChI is InChI=1S/C23H29N5/c1-16-13-21-19(4)25-23(26-22(21)14-17(16)2)28-10-6-9-27(11-12-28)15-20-8-5-7-18(3)24-20/h5,7-8,13-14H,6,9-12,15H2,1-4H3. The van der Waals surface area contributed by atoms with Gasteiger partial charge in [0.25, 0.3) is 0 Å². The second kappa shape index (κ2) is 7.84. The zero-order valence-corrected chi connectivity index (χ0v) is 17.4. The first-order valence-corrected chi connectivity index (χ1v) is 10.1. The molecule has 28 heavy (non-hydrogen) atoms. The lowest BCUT2D eigenvalue weighted by molar-refractivity contribution is 0.282. The first kappa shape index (κ1) is 18.8. The Hall–Kier alpha value is -2.53. The van der Waals surface area contributed by atoms with Crippen LogP contribution in [0.4, 0.5) is 5.95 Å². The fourth-order valence-electron chi connectivity index (χ4n) is 3.91. The van der Waals surface area contributed by atoms with Crippen LogP contribution in [0.15, 0.2) is 30.3 Å². The Balaban J connectivity index is 1.52. The van der Waals surface area contributed by atoms with E-state index in [1.54, 1.807) is 0 Å². The molecule has 0 N–H and O–H groups in total. The van der Waals surface area contributed by atoms with Crippen LogP contribution >= 0.6 is 0 Å². The molecule has 5 nitrogen and oxygen atoms in total. The van der Waals surface area contributed by atoms with Gasteiger partial charge in [0.05, 0.1) is 16.9 Å². The van der Waals surface area contributed by atoms with Crippen molar-refractivity contribution in [3.8, 4) is 0 Å². The molecule has 0 saturated carbocycles. The molecule has 1 aliphatic heterocycles. The largest absolute Gasteiger partial charge is 0.339 e. The smallest absolute Gasteiger partial charge is 0.226 e. The van der Waals surface area contributed by atoms with Gasteiger partial charge in [-0.1, -0.05) is 6.07 Å². The number of aryl methyl sites for hydroxylation is 4. The number of benzene rings is 1. The van der Waals surface area contributed by atoms with Gasteiger partial charge in [0.15, 0.2) is 0 Å². The number of pyridine rings is 1. The molecule has 0 radical (unpaired) electrons. The molecule has 1 fully saturated rings. The summed E-state index contributed by atoms with van der Waals surface area (Å²) in [4.78, 5) is 19.2. The molecular formula is C23H29N5. The van der Waals surface area contributed by atoms with Gasteiger partial charge in [0.2, 0.25) is 5.95 Å². The fraction of sp³-hybridized carbons (Fsp3) is 0.435. The average Bonchev–Trinajstić information content (AvgIpc) is 2.89. The molecule has 4 rings (SSSR count). The molecule has 3 heterocycles. The maximum atomic E-state index is 4.91. The summed E-state index contributed by atoms with van der Waals surface area (Å²) >= 11 is 0. The van der Waals surface area contributed by atoms with Crippen molar-refractivity contribution in [2.75, 3.05) is 31.1 Å². The van der Waals surface area contributed by atoms with E-state index in [-0.39, 0.29) is 0 Å². The minimum atomic E-state index is 0.865. The highest BCUT2D eigenvalue weighted by Crippen LogP contribution is 2.23. The summed E-state index contributed by atoms with van der Waals surface area (Å²) in [5, 5.41) is 1.16. The lowest BCUT2D eigenvalue weighted by atomic mass is 10.1. The summed E-state index contributed by atoms with van der Waals surface area (Å²) in [6.45, 7) is 13.4. The Morgan fingerprint density at radius 3 is 2.50 bits per heavy atom. The van der Waals surface area contributed by atoms with Crippen molar-refractivity contribution < 1.29 is 0 Å². The quantitative estimate of drug-likeness (QED) is 0.693. The maximum absolute atomic E-state index is 4.91. The highest BCUT2D eigenvalue weighted by Gasteiger charge is 2.19. The van der Waals surface area contributed by atoms with Crippen LogP contribution in [0.25, 0.3) is 10.9 Å². The van der Waals surface area contributed by atoms with Gasteiger partial charge in [-0.05, 0) is 69.5 Å². The highest BCUT2D eigenvalue weighted by atomic mass is 15.3. The Labute approximate surface area is 167 Å². The van der Waals surface area contributed by atoms with E-state index in [0.29, 0.717) is 0 Å². The summed E-state index contributed by atoms with van der Waals surface area (Å²) < 4.78 is 0. The van der Waals surface area contributed by atoms with Crippen molar-refractivity contribution in [1.82, 2.24) is 19.9 Å². The van der Waals surface area contributed by atoms with Gasteiger partial charge < -0.3 is 4.90 Å². The van der Waals surface area contributed by atoms with Crippen molar-refractivity contribution in [3.05, 3.63) is 58.5 Å². The number of aromatic nitrogens is 3. The first-order chi connectivity index (χ1) is 13.5. The molecule has 2 aromatic heterocycles. The Bertz CT molecular complexity index is 998. The molecule has 0 aliphatic carbocycles. The van der Waals surface area contributed by atoms with E-state index < -0.39 is 0 Å². The van der Waals surface area contributed by atoms with Crippen molar-refractivity contribution in [2.45, 2.75) is 40.7 Å². The van der Waals surface area contributed by atoms with E-state index in [9.17, 15) is 0 Å². The minimum absolute atomic E-state index is 0.865. The van der Waals surface area contributed by atoms with Crippen LogP contribution < -0.4 is 4.90 Å². The van der Waals surface area contributed by atoms with E-state index in [2.05, 4.69) is 72.8 Å². The lowest BCUT2D eigenvalue weighted by Gasteiger charge is -2.22. The van der Waals surface area contributed by atoms with Crippen LogP contribution in [0.1, 0.15) is 34.6 Å². The fourth-order valence-corrected chi connectivity index (χ4v) is 3.91. The van der Waals surface area contributed by atoms with Crippen LogP contribution in [-0.4, -0.2) is 46.0 Å². The Morgan fingerprint density at radius 2 is 1.68 bits per heavy atom. The third-order valence-corrected chi connectivity index (χ3v) is 5.69. The highest BCUT2D eigenvalue weighted by molar-refractivity contribution is 5.83. The summed E-state index contributed by atoms with van der Waals surface area (Å²) in [5.41, 5.74) is 6.92. The second-order valence-electron chi connectivity index (χ2n) is 7.95. The predicted molar refractivity (Wildman–Crippen MR) is 115 cm³/mol. The van der Waals surface area contributed by atoms with Crippen LogP contribution in [0, 0.1) is 27.7 Å². The van der Waals surface area contributed by atoms with Gasteiger partial charge in [-0.3, -0.25) is 9.88 Å². The SMILES string of the molecule is Cc1cccc(CN2CCCN(c3nc(C)c4cc(C)c(C)cc4n3)CC2)n1. The summed E-state index contributed by atoms with van der Waals surface area (Å²) in [5.74, 6) is 0.865. The molecule has 0 unspecified atom stereocenters. The molecule has 5 heteroatoms. The normalized spacial score (nSPS) is 15.8. The number of rotatable bonds is 3. The summed E-state index contributed by atoms with van der Waals surface area (Å²) in [6.07, 6.45) is 1.11. The molecule has 0 bridgehead atoms. The van der Waals surface area contributed by atoms with Crippen LogP contribution in [0.5, 0.6) is 0 Å². The van der Waals surface area contributed by atoms with Crippen LogP contribution in [0.3, 0.4) is 0 Å². The molecular weight excluding hydrogens is 346 g/mol. The number of nitrogens with zero attached hydrogens (tertiary/aromatic N) is 5. The number of hydrogen-bond donors (Lipinski definition) is 0. The van der Waals surface area contributed by atoms with Crippen molar-refractivity contribution in [2.24, 2.45) is 0 Å². The number of anilines is 1. The first-order valence-electron chi connectivity index (χ1n) is 10.1. The van der Waals surface area contributed by atoms with Crippen molar-refractivity contribution >= 4 is 16.9 Å². The second-order valence-corrected chi connectivity index (χ2v) is 7.95. The van der Waals surface area contributed by atoms with Gasteiger partial charge in [-0.2, -0.15) is 0 Å². The van der Waals surface area contributed by atoms with E-state index >= 15 is 0 Å². The van der Waals surface area contributed by atoms with Gasteiger partial charge in [-0.25, -0.2) is 9.97 Å². The minimum Gasteiger partial charge on any atom is -0.339 e. The lowest BCUT2D eigenvalue weighted by Crippen LogP contribution is -2.31. The molecule has 3 aromatic rings. The van der Waals surface area contributed by atoms with Crippen LogP contribution in [-0.2, 0) is 6.54 Å². The predicted octanol–water partition coefficient (Wildman–Crippen LogP) is 3.97. The summed E-state index contributed by atoms with van der Waals surface area (Å²) in [6, 6.07) is 10.7. The van der Waals surface area contributed by atoms with E-state index in [1.165, 1.54) is 11.1 Å². The third kappa shape index (κ3) is 3.99. The molecule has 1 aliphatic rings. The van der Waals surface area contributed by atoms with Gasteiger partial charge in [0, 0.05) is 43.8 Å². The topological polar surface area (TPSA) is 45.2 Å². The van der Waals surface area contributed by atoms with Crippen molar-refractivity contribution in [3.63, 3.8) is 0 Å². The molecule has 1 aromatic carbocycles. The third-order valence-electron chi connectivity index (χ3n) is 5.69. The van der Waals surface area contributed by atoms with E-state index in [0.717, 1.165) is 73.1 Å². The van der Waals surface area contributed by atoms with Gasteiger partial charge in [-0.15, -0.1) is 0 Å². The molecule has 1 saturated heterocycles. The van der Waals surface area contributed by atoms with Gasteiger partial charge in [0.1, 0.15) is 0 Å². The Kier molecular flexibility index (Phi) is 5.27. The molecule has 0 amide bonds. The Morgan fingerprint density at radius 1 is 0.857 bits per heavy atom. The summed E-state index contributed by atoms with van der Waals surface area (Å²) in [7, 11) is 0. The van der Waals surface area contributed by atoms with E-state index in [1.807, 2.05) is 0 Å². The zero-order chi connectivity index (χ0) is 19.7. The average molecular weight is 376 g/mol. The number of hydrogen-bond acceptors (Lipinski definition) is 5. The zero-order valence-electron chi connectivity index (χ0n) is 17.4. The van der Waals surface area contributed by atoms with Crippen molar-refractivity contribution in [1.29, 1.82) is 0 Å². The molecule has 0 spiro atoms. The maximum Gasteiger partial charge on any atom is 0.226 e. The van der Waals surface area contributed by atoms with E-state index in [4.69, 9.17) is 9.97 Å². The molecule has 0 atom stereocenters. The van der Waals surface area contributed by atoms with Crippen LogP contribution in [0.2, 0.25) is 0 Å². The molecule has 146 valence electrons. The van der Waals surface area contributed by atoms with Gasteiger partial charge >= 0.3 is 0 Å². The monoisotopic (exact) mass is 375 g/mol. The number of fused-ring (bicyclic) bond motifs is 1.